The molecule has 2 fully saturated rings. The van der Waals surface area contributed by atoms with Crippen LogP contribution in [0.1, 0.15) is 30.4 Å². The molecule has 4 aliphatic rings. The van der Waals surface area contributed by atoms with Gasteiger partial charge in [0.25, 0.3) is 0 Å². The molecule has 7 nitrogen and oxygen atoms in total. The van der Waals surface area contributed by atoms with Gasteiger partial charge in [0.15, 0.2) is 11.5 Å². The van der Waals surface area contributed by atoms with Gasteiger partial charge in [-0.25, -0.2) is 4.18 Å². The van der Waals surface area contributed by atoms with Crippen LogP contribution < -0.4 is 14.4 Å². The lowest BCUT2D eigenvalue weighted by Gasteiger charge is -2.56. The Morgan fingerprint density at radius 2 is 2.15 bits per heavy atom. The summed E-state index contributed by atoms with van der Waals surface area (Å²) in [4.78, 5) is 1.53. The lowest BCUT2D eigenvalue weighted by Crippen LogP contribution is -3.16. The van der Waals surface area contributed by atoms with Crippen molar-refractivity contribution >= 4 is 10.4 Å². The minimum atomic E-state index is -4.53. The fourth-order valence-electron chi connectivity index (χ4n) is 6.25. The molecule has 6 unspecified atom stereocenters. The summed E-state index contributed by atoms with van der Waals surface area (Å²) < 4.78 is 49.1. The Kier molecular flexibility index (Phi) is 3.45. The van der Waals surface area contributed by atoms with E-state index in [9.17, 15) is 13.0 Å². The highest BCUT2D eigenvalue weighted by atomic mass is 32.3. The largest absolute Gasteiger partial charge is 0.493 e. The van der Waals surface area contributed by atoms with E-state index in [0.29, 0.717) is 24.1 Å². The summed E-state index contributed by atoms with van der Waals surface area (Å²) in [6.45, 7) is 1.01. The lowest BCUT2D eigenvalue weighted by atomic mass is 9.51. The van der Waals surface area contributed by atoms with E-state index in [4.69, 9.17) is 13.7 Å². The third kappa shape index (κ3) is 2.07. The van der Waals surface area contributed by atoms with Gasteiger partial charge >= 0.3 is 10.4 Å². The Labute approximate surface area is 153 Å². The molecule has 6 atom stereocenters. The highest BCUT2D eigenvalue weighted by Crippen LogP contribution is 2.62. The molecular weight excluding hydrogens is 358 g/mol. The van der Waals surface area contributed by atoms with Gasteiger partial charge in [-0.15, -0.1) is 0 Å². The molecular formula is C18H24NO6S+. The number of benzene rings is 1. The summed E-state index contributed by atoms with van der Waals surface area (Å²) >= 11 is 0. The summed E-state index contributed by atoms with van der Waals surface area (Å²) in [5.74, 6) is 1.84. The number of ether oxygens (including phenoxy) is 2. The van der Waals surface area contributed by atoms with Crippen molar-refractivity contribution in [1.82, 2.24) is 0 Å². The van der Waals surface area contributed by atoms with Crippen LogP contribution in [0, 0.1) is 5.92 Å². The van der Waals surface area contributed by atoms with E-state index < -0.39 is 22.6 Å². The van der Waals surface area contributed by atoms with Crippen molar-refractivity contribution in [2.45, 2.75) is 49.3 Å². The number of hydrogen-bond donors (Lipinski definition) is 2. The van der Waals surface area contributed by atoms with Crippen LogP contribution in [0.3, 0.4) is 0 Å². The zero-order chi connectivity index (χ0) is 18.3. The molecule has 0 radical (unpaired) electrons. The van der Waals surface area contributed by atoms with Gasteiger partial charge in [0, 0.05) is 24.3 Å². The van der Waals surface area contributed by atoms with Gasteiger partial charge in [0.1, 0.15) is 12.2 Å². The second kappa shape index (κ2) is 5.34. The molecule has 1 spiro atoms. The fraction of sp³-hybridized carbons (Fsp3) is 0.667. The monoisotopic (exact) mass is 382 g/mol. The second-order valence-electron chi connectivity index (χ2n) is 8.11. The molecule has 2 aliphatic heterocycles. The quantitative estimate of drug-likeness (QED) is 0.723. The van der Waals surface area contributed by atoms with E-state index >= 15 is 0 Å². The highest BCUT2D eigenvalue weighted by molar-refractivity contribution is 7.80. The van der Waals surface area contributed by atoms with Crippen LogP contribution in [0.15, 0.2) is 12.1 Å². The van der Waals surface area contributed by atoms with Crippen LogP contribution in [0.2, 0.25) is 0 Å². The Morgan fingerprint density at radius 3 is 2.88 bits per heavy atom. The van der Waals surface area contributed by atoms with Crippen molar-refractivity contribution in [2.24, 2.45) is 5.92 Å². The van der Waals surface area contributed by atoms with Crippen molar-refractivity contribution < 1.29 is 31.5 Å². The Bertz CT molecular complexity index is 871. The highest BCUT2D eigenvalue weighted by Gasteiger charge is 2.67. The number of nitrogens with one attached hydrogen (secondary N) is 1. The molecule has 1 aromatic carbocycles. The lowest BCUT2D eigenvalue weighted by molar-refractivity contribution is -0.919. The zero-order valence-corrected chi connectivity index (χ0v) is 15.7. The van der Waals surface area contributed by atoms with Crippen molar-refractivity contribution in [2.75, 3.05) is 20.7 Å². The Hall–Kier alpha value is -1.35. The summed E-state index contributed by atoms with van der Waals surface area (Å²) in [5, 5.41) is 0. The van der Waals surface area contributed by atoms with E-state index in [1.807, 2.05) is 6.07 Å². The molecule has 26 heavy (non-hydrogen) atoms. The van der Waals surface area contributed by atoms with Crippen molar-refractivity contribution in [3.63, 3.8) is 0 Å². The molecule has 5 rings (SSSR count). The van der Waals surface area contributed by atoms with Crippen molar-refractivity contribution in [1.29, 1.82) is 0 Å². The molecule has 142 valence electrons. The molecule has 1 saturated carbocycles. The maximum atomic E-state index is 11.4. The topological polar surface area (TPSA) is 86.5 Å². The Balaban J connectivity index is 1.70. The zero-order valence-electron chi connectivity index (χ0n) is 14.9. The molecule has 2 bridgehead atoms. The number of quaternary nitrogens is 1. The van der Waals surface area contributed by atoms with Gasteiger partial charge in [-0.1, -0.05) is 6.07 Å². The first-order valence-corrected chi connectivity index (χ1v) is 10.6. The van der Waals surface area contributed by atoms with E-state index in [1.54, 1.807) is 7.11 Å². The molecule has 2 N–H and O–H groups in total. The van der Waals surface area contributed by atoms with E-state index in [1.165, 1.54) is 16.0 Å². The Morgan fingerprint density at radius 1 is 1.35 bits per heavy atom. The summed E-state index contributed by atoms with van der Waals surface area (Å²) in [7, 11) is -0.664. The maximum Gasteiger partial charge on any atom is 0.397 e. The SMILES string of the molecule is COc1ccc2c3c1OC1C(OS(=O)(=O)O)CCC4C(C2)[NH+](C)CCC341. The predicted molar refractivity (Wildman–Crippen MR) is 92.1 cm³/mol. The molecule has 1 saturated heterocycles. The van der Waals surface area contributed by atoms with Crippen molar-refractivity contribution in [3.05, 3.63) is 23.3 Å². The molecule has 0 amide bonds. The van der Waals surface area contributed by atoms with Crippen molar-refractivity contribution in [3.8, 4) is 11.5 Å². The fourth-order valence-corrected chi connectivity index (χ4v) is 6.76. The van der Waals surface area contributed by atoms with Crippen LogP contribution in [-0.2, 0) is 26.4 Å². The standard InChI is InChI=1S/C18H23NO6S/c1-19-8-7-18-11-4-6-14(25-26(20,21)22)17(18)24-16-13(23-2)5-3-10(15(16)18)9-12(11)19/h3,5,11-12,14,17H,4,6-9H2,1-2H3,(H,20,21,22)/p+1. The average Bonchev–Trinajstić information content (AvgIpc) is 2.93. The van der Waals surface area contributed by atoms with Gasteiger partial charge in [-0.3, -0.25) is 4.55 Å². The molecule has 2 aliphatic carbocycles. The van der Waals surface area contributed by atoms with E-state index in [-0.39, 0.29) is 5.41 Å². The number of rotatable bonds is 3. The number of hydrogen-bond acceptors (Lipinski definition) is 5. The smallest absolute Gasteiger partial charge is 0.397 e. The number of methoxy groups -OCH3 is 1. The summed E-state index contributed by atoms with van der Waals surface area (Å²) in [6.07, 6.45) is 2.27. The molecule has 0 aromatic heterocycles. The summed E-state index contributed by atoms with van der Waals surface area (Å²) in [6, 6.07) is 4.56. The van der Waals surface area contributed by atoms with Gasteiger partial charge in [-0.05, 0) is 24.5 Å². The molecule has 2 heterocycles. The van der Waals surface area contributed by atoms with Gasteiger partial charge in [-0.2, -0.15) is 8.42 Å². The first-order chi connectivity index (χ1) is 12.3. The van der Waals surface area contributed by atoms with Gasteiger partial charge in [0.05, 0.1) is 32.2 Å². The van der Waals surface area contributed by atoms with Crippen LogP contribution in [-0.4, -0.2) is 51.9 Å². The predicted octanol–water partition coefficient (Wildman–Crippen LogP) is 0.135. The first kappa shape index (κ1) is 16.8. The van der Waals surface area contributed by atoms with Gasteiger partial charge in [0.2, 0.25) is 0 Å². The van der Waals surface area contributed by atoms with Gasteiger partial charge < -0.3 is 14.4 Å². The third-order valence-corrected chi connectivity index (χ3v) is 7.63. The normalized spacial score (nSPS) is 39.9. The van der Waals surface area contributed by atoms with E-state index in [0.717, 1.165) is 31.6 Å². The molecule has 1 aromatic rings. The van der Waals surface area contributed by atoms with Crippen LogP contribution >= 0.6 is 0 Å². The minimum absolute atomic E-state index is 0.255. The maximum absolute atomic E-state index is 11.4. The average molecular weight is 382 g/mol. The number of likely N-dealkylation sites (tertiary alicyclic amines) is 1. The first-order valence-electron chi connectivity index (χ1n) is 9.20. The van der Waals surface area contributed by atoms with E-state index in [2.05, 4.69) is 13.1 Å². The minimum Gasteiger partial charge on any atom is -0.493 e. The van der Waals surface area contributed by atoms with Crippen LogP contribution in [0.5, 0.6) is 11.5 Å². The summed E-state index contributed by atoms with van der Waals surface area (Å²) in [5.41, 5.74) is 2.21. The second-order valence-corrected chi connectivity index (χ2v) is 9.16. The third-order valence-electron chi connectivity index (χ3n) is 7.14. The molecule has 8 heteroatoms. The van der Waals surface area contributed by atoms with Crippen LogP contribution in [0.25, 0.3) is 0 Å². The number of piperidine rings is 1. The van der Waals surface area contributed by atoms with Crippen LogP contribution in [0.4, 0.5) is 0 Å². The number of likely N-dealkylation sites (N-methyl/N-ethyl adjacent to an activating group) is 1.